The summed E-state index contributed by atoms with van der Waals surface area (Å²) < 4.78 is 29.7. The van der Waals surface area contributed by atoms with E-state index in [0.717, 1.165) is 27.4 Å². The zero-order valence-electron chi connectivity index (χ0n) is 12.5. The molecule has 122 valence electrons. The standard InChI is InChI=1S/C17H16Br2O3S/c1-13-2-8-17(9-3-13)23(20,21)22-16-6-4-14(5-7-16)15(12-19)10-11-18/h2-10H,11-12H2,1H3/b15-10+. The SMILES string of the molecule is Cc1ccc(S(=O)(=O)Oc2ccc(/C(=C/CBr)CBr)cc2)cc1. The predicted octanol–water partition coefficient (Wildman–Crippen LogP) is 4.94. The zero-order valence-corrected chi connectivity index (χ0v) is 16.5. The van der Waals surface area contributed by atoms with Gasteiger partial charge < -0.3 is 4.18 Å². The Morgan fingerprint density at radius 2 is 1.65 bits per heavy atom. The molecule has 0 aliphatic carbocycles. The van der Waals surface area contributed by atoms with Crippen molar-refractivity contribution in [2.45, 2.75) is 11.8 Å². The highest BCUT2D eigenvalue weighted by molar-refractivity contribution is 9.09. The van der Waals surface area contributed by atoms with Gasteiger partial charge in [0.05, 0.1) is 0 Å². The topological polar surface area (TPSA) is 43.4 Å². The second kappa shape index (κ2) is 8.13. The third kappa shape index (κ3) is 4.93. The van der Waals surface area contributed by atoms with Gasteiger partial charge in [-0.2, -0.15) is 8.42 Å². The van der Waals surface area contributed by atoms with Crippen LogP contribution in [0.1, 0.15) is 11.1 Å². The van der Waals surface area contributed by atoms with Crippen LogP contribution in [0, 0.1) is 6.92 Å². The highest BCUT2D eigenvalue weighted by Gasteiger charge is 2.16. The molecule has 0 atom stereocenters. The lowest BCUT2D eigenvalue weighted by Gasteiger charge is -2.09. The maximum Gasteiger partial charge on any atom is 0.339 e. The molecule has 0 saturated heterocycles. The van der Waals surface area contributed by atoms with Crippen molar-refractivity contribution in [2.24, 2.45) is 0 Å². The second-order valence-corrected chi connectivity index (χ2v) is 7.65. The molecule has 0 aliphatic rings. The normalized spacial score (nSPS) is 12.2. The number of rotatable bonds is 6. The molecule has 2 aromatic rings. The molecule has 3 nitrogen and oxygen atoms in total. The maximum absolute atomic E-state index is 12.2. The van der Waals surface area contributed by atoms with Gasteiger partial charge in [0, 0.05) is 10.7 Å². The summed E-state index contributed by atoms with van der Waals surface area (Å²) in [6.07, 6.45) is 2.05. The fourth-order valence-corrected chi connectivity index (χ4v) is 3.82. The van der Waals surface area contributed by atoms with Crippen molar-refractivity contribution >= 4 is 47.6 Å². The van der Waals surface area contributed by atoms with E-state index in [1.54, 1.807) is 36.4 Å². The van der Waals surface area contributed by atoms with E-state index in [1.165, 1.54) is 0 Å². The van der Waals surface area contributed by atoms with Crippen molar-refractivity contribution in [1.82, 2.24) is 0 Å². The van der Waals surface area contributed by atoms with Gasteiger partial charge in [0.25, 0.3) is 0 Å². The lowest BCUT2D eigenvalue weighted by molar-refractivity contribution is 0.486. The summed E-state index contributed by atoms with van der Waals surface area (Å²) in [5.41, 5.74) is 3.13. The molecular formula is C17H16Br2O3S. The molecule has 23 heavy (non-hydrogen) atoms. The molecule has 0 bridgehead atoms. The van der Waals surface area contributed by atoms with Crippen molar-refractivity contribution in [3.8, 4) is 5.75 Å². The minimum absolute atomic E-state index is 0.146. The molecule has 0 radical (unpaired) electrons. The summed E-state index contributed by atoms with van der Waals surface area (Å²) in [6, 6.07) is 13.6. The molecule has 0 saturated carbocycles. The Morgan fingerprint density at radius 1 is 1.04 bits per heavy atom. The van der Waals surface area contributed by atoms with Gasteiger partial charge in [0.2, 0.25) is 0 Å². The van der Waals surface area contributed by atoms with Crippen LogP contribution in [0.15, 0.2) is 59.5 Å². The first-order valence-electron chi connectivity index (χ1n) is 6.89. The Labute approximate surface area is 153 Å². The molecule has 0 spiro atoms. The van der Waals surface area contributed by atoms with E-state index in [1.807, 2.05) is 25.1 Å². The van der Waals surface area contributed by atoms with Gasteiger partial charge in [0.1, 0.15) is 10.6 Å². The largest absolute Gasteiger partial charge is 0.379 e. The molecule has 0 fully saturated rings. The van der Waals surface area contributed by atoms with Crippen LogP contribution in [0.5, 0.6) is 5.75 Å². The van der Waals surface area contributed by atoms with Gasteiger partial charge in [-0.1, -0.05) is 67.8 Å². The average molecular weight is 460 g/mol. The van der Waals surface area contributed by atoms with E-state index in [2.05, 4.69) is 31.9 Å². The molecule has 0 unspecified atom stereocenters. The van der Waals surface area contributed by atoms with Crippen LogP contribution in [0.25, 0.3) is 5.57 Å². The van der Waals surface area contributed by atoms with Crippen LogP contribution in [0.4, 0.5) is 0 Å². The molecule has 2 rings (SSSR count). The minimum atomic E-state index is -3.81. The minimum Gasteiger partial charge on any atom is -0.379 e. The predicted molar refractivity (Wildman–Crippen MR) is 101 cm³/mol. The van der Waals surface area contributed by atoms with E-state index in [-0.39, 0.29) is 4.90 Å². The second-order valence-electron chi connectivity index (χ2n) is 4.89. The van der Waals surface area contributed by atoms with Crippen molar-refractivity contribution < 1.29 is 12.6 Å². The third-order valence-electron chi connectivity index (χ3n) is 3.21. The van der Waals surface area contributed by atoms with Crippen LogP contribution in [-0.4, -0.2) is 19.1 Å². The lowest BCUT2D eigenvalue weighted by Crippen LogP contribution is -2.09. The van der Waals surface area contributed by atoms with E-state index in [0.29, 0.717) is 5.75 Å². The molecule has 0 amide bonds. The van der Waals surface area contributed by atoms with E-state index < -0.39 is 10.1 Å². The van der Waals surface area contributed by atoms with Crippen LogP contribution >= 0.6 is 31.9 Å². The highest BCUT2D eigenvalue weighted by atomic mass is 79.9. The molecule has 0 aromatic heterocycles. The quantitative estimate of drug-likeness (QED) is 0.454. The summed E-state index contributed by atoms with van der Waals surface area (Å²) in [7, 11) is -3.81. The lowest BCUT2D eigenvalue weighted by atomic mass is 10.1. The zero-order chi connectivity index (χ0) is 16.9. The summed E-state index contributed by atoms with van der Waals surface area (Å²) in [6.45, 7) is 1.90. The highest BCUT2D eigenvalue weighted by Crippen LogP contribution is 2.23. The molecular weight excluding hydrogens is 444 g/mol. The monoisotopic (exact) mass is 458 g/mol. The fraction of sp³-hybridized carbons (Fsp3) is 0.176. The molecule has 2 aromatic carbocycles. The Kier molecular flexibility index (Phi) is 6.44. The number of halogens is 2. The molecule has 0 heterocycles. The number of allylic oxidation sites excluding steroid dienone is 2. The van der Waals surface area contributed by atoms with Gasteiger partial charge in [-0.25, -0.2) is 0 Å². The summed E-state index contributed by atoms with van der Waals surface area (Å²) >= 11 is 6.81. The summed E-state index contributed by atoms with van der Waals surface area (Å²) in [5, 5.41) is 1.48. The number of benzene rings is 2. The van der Waals surface area contributed by atoms with Crippen molar-refractivity contribution in [3.05, 3.63) is 65.7 Å². The summed E-state index contributed by atoms with van der Waals surface area (Å²) in [4.78, 5) is 0.146. The number of aryl methyl sites for hydroxylation is 1. The van der Waals surface area contributed by atoms with Crippen LogP contribution in [0.3, 0.4) is 0 Å². The Balaban J connectivity index is 2.20. The Bertz CT molecular complexity index is 780. The first kappa shape index (κ1) is 18.2. The van der Waals surface area contributed by atoms with Crippen LogP contribution < -0.4 is 4.18 Å². The maximum atomic E-state index is 12.2. The number of hydrogen-bond donors (Lipinski definition) is 0. The third-order valence-corrected chi connectivity index (χ3v) is 5.40. The molecule has 0 N–H and O–H groups in total. The first-order chi connectivity index (χ1) is 11.0. The van der Waals surface area contributed by atoms with Gasteiger partial charge in [-0.05, 0) is 42.3 Å². The van der Waals surface area contributed by atoms with Crippen molar-refractivity contribution in [1.29, 1.82) is 0 Å². The van der Waals surface area contributed by atoms with E-state index in [4.69, 9.17) is 4.18 Å². The van der Waals surface area contributed by atoms with Crippen LogP contribution in [-0.2, 0) is 10.1 Å². The van der Waals surface area contributed by atoms with Gasteiger partial charge in [-0.15, -0.1) is 0 Å². The van der Waals surface area contributed by atoms with Gasteiger partial charge in [-0.3, -0.25) is 0 Å². The Morgan fingerprint density at radius 3 is 2.17 bits per heavy atom. The fourth-order valence-electron chi connectivity index (χ4n) is 1.95. The molecule has 6 heteroatoms. The average Bonchev–Trinajstić information content (AvgIpc) is 2.53. The van der Waals surface area contributed by atoms with Crippen molar-refractivity contribution in [3.63, 3.8) is 0 Å². The Hall–Kier alpha value is -1.11. The van der Waals surface area contributed by atoms with Crippen LogP contribution in [0.2, 0.25) is 0 Å². The summed E-state index contributed by atoms with van der Waals surface area (Å²) in [5.74, 6) is 0.294. The van der Waals surface area contributed by atoms with Crippen molar-refractivity contribution in [2.75, 3.05) is 10.7 Å². The number of alkyl halides is 2. The molecule has 0 aliphatic heterocycles. The van der Waals surface area contributed by atoms with E-state index in [9.17, 15) is 8.42 Å². The first-order valence-corrected chi connectivity index (χ1v) is 10.5. The number of hydrogen-bond acceptors (Lipinski definition) is 3. The van der Waals surface area contributed by atoms with Gasteiger partial charge in [0.15, 0.2) is 0 Å². The van der Waals surface area contributed by atoms with Gasteiger partial charge >= 0.3 is 10.1 Å². The smallest absolute Gasteiger partial charge is 0.339 e. The van der Waals surface area contributed by atoms with E-state index >= 15 is 0 Å².